The van der Waals surface area contributed by atoms with Crippen molar-refractivity contribution in [3.63, 3.8) is 0 Å². The third kappa shape index (κ3) is 2.74. The summed E-state index contributed by atoms with van der Waals surface area (Å²) in [6.45, 7) is 0. The van der Waals surface area contributed by atoms with Crippen LogP contribution in [0.2, 0.25) is 0 Å². The summed E-state index contributed by atoms with van der Waals surface area (Å²) in [7, 11) is 1.17. The molecular formula is C18H18O5. The number of rotatable bonds is 2. The summed E-state index contributed by atoms with van der Waals surface area (Å²) in [5.74, 6) is -0.860. The van der Waals surface area contributed by atoms with E-state index in [4.69, 9.17) is 0 Å². The molecule has 0 bridgehead atoms. The molecule has 3 rings (SSSR count). The fourth-order valence-electron chi connectivity index (χ4n) is 2.98. The van der Waals surface area contributed by atoms with Crippen LogP contribution in [0.4, 0.5) is 0 Å². The lowest BCUT2D eigenvalue weighted by molar-refractivity contribution is -0.161. The number of carbonyl (C=O) groups is 1. The zero-order chi connectivity index (χ0) is 16.6. The number of ether oxygens (including phenoxy) is 1. The highest BCUT2D eigenvalue weighted by atomic mass is 16.5. The summed E-state index contributed by atoms with van der Waals surface area (Å²) in [5, 5.41) is 32.8. The predicted octanol–water partition coefficient (Wildman–Crippen LogP) is 1.25. The molecule has 120 valence electrons. The van der Waals surface area contributed by atoms with Crippen molar-refractivity contribution >= 4 is 22.3 Å². The minimum absolute atomic E-state index is 0.308. The highest BCUT2D eigenvalue weighted by Gasteiger charge is 2.44. The van der Waals surface area contributed by atoms with E-state index in [9.17, 15) is 20.1 Å². The Hall–Kier alpha value is -2.21. The topological polar surface area (TPSA) is 87.0 Å². The van der Waals surface area contributed by atoms with Crippen LogP contribution < -0.4 is 0 Å². The molecule has 0 heterocycles. The van der Waals surface area contributed by atoms with Gasteiger partial charge in [-0.05, 0) is 34.1 Å². The summed E-state index contributed by atoms with van der Waals surface area (Å²) in [6, 6.07) is 13.2. The summed E-state index contributed by atoms with van der Waals surface area (Å²) in [6.07, 6.45) is -1.47. The number of aliphatic hydroxyl groups excluding tert-OH is 2. The van der Waals surface area contributed by atoms with E-state index in [1.54, 1.807) is 6.07 Å². The van der Waals surface area contributed by atoms with E-state index in [0.717, 1.165) is 10.8 Å². The van der Waals surface area contributed by atoms with Gasteiger partial charge in [0.1, 0.15) is 6.10 Å². The van der Waals surface area contributed by atoms with Crippen molar-refractivity contribution in [2.45, 2.75) is 24.2 Å². The van der Waals surface area contributed by atoms with E-state index in [-0.39, 0.29) is 6.42 Å². The molecule has 0 fully saturated rings. The summed E-state index contributed by atoms with van der Waals surface area (Å²) in [5.41, 5.74) is -1.01. The van der Waals surface area contributed by atoms with Crippen LogP contribution in [0.15, 0.2) is 48.5 Å². The standard InChI is InChI=1S/C18H18O5/c1-23-17(21)18(22)9-14(16(20)15(19)10-18)13-7-6-11-4-2-3-5-12(11)8-13/h2-9,15-16,19-20,22H,10H2,1H3/t15-,16-,18+/m1/s1. The number of benzene rings is 2. The van der Waals surface area contributed by atoms with Crippen molar-refractivity contribution in [1.29, 1.82) is 0 Å². The Balaban J connectivity index is 2.11. The van der Waals surface area contributed by atoms with Crippen LogP contribution in [0, 0.1) is 0 Å². The van der Waals surface area contributed by atoms with Crippen molar-refractivity contribution in [3.05, 3.63) is 54.1 Å². The second-order valence-corrected chi connectivity index (χ2v) is 5.79. The van der Waals surface area contributed by atoms with Crippen LogP contribution in [0.1, 0.15) is 12.0 Å². The molecule has 5 nitrogen and oxygen atoms in total. The zero-order valence-electron chi connectivity index (χ0n) is 12.6. The molecule has 0 aliphatic heterocycles. The number of carbonyl (C=O) groups excluding carboxylic acids is 1. The van der Waals surface area contributed by atoms with Crippen LogP contribution in [0.25, 0.3) is 16.3 Å². The molecule has 0 amide bonds. The minimum Gasteiger partial charge on any atom is -0.467 e. The molecule has 3 N–H and O–H groups in total. The van der Waals surface area contributed by atoms with Crippen molar-refractivity contribution in [2.75, 3.05) is 7.11 Å². The first-order valence-corrected chi connectivity index (χ1v) is 7.33. The van der Waals surface area contributed by atoms with Gasteiger partial charge in [0.15, 0.2) is 5.60 Å². The minimum atomic E-state index is -1.95. The van der Waals surface area contributed by atoms with Gasteiger partial charge in [-0.2, -0.15) is 0 Å². The van der Waals surface area contributed by atoms with Crippen LogP contribution in [0.3, 0.4) is 0 Å². The molecule has 0 radical (unpaired) electrons. The van der Waals surface area contributed by atoms with Gasteiger partial charge in [0, 0.05) is 6.42 Å². The molecule has 0 saturated heterocycles. The molecule has 5 heteroatoms. The van der Waals surface area contributed by atoms with Gasteiger partial charge in [0.25, 0.3) is 0 Å². The molecule has 0 aromatic heterocycles. The van der Waals surface area contributed by atoms with Gasteiger partial charge in [-0.1, -0.05) is 36.4 Å². The van der Waals surface area contributed by atoms with Gasteiger partial charge >= 0.3 is 5.97 Å². The van der Waals surface area contributed by atoms with Crippen LogP contribution >= 0.6 is 0 Å². The largest absolute Gasteiger partial charge is 0.467 e. The van der Waals surface area contributed by atoms with Crippen LogP contribution in [-0.2, 0) is 9.53 Å². The Morgan fingerprint density at radius 3 is 2.57 bits per heavy atom. The first kappa shape index (κ1) is 15.7. The predicted molar refractivity (Wildman–Crippen MR) is 85.5 cm³/mol. The molecule has 2 aromatic carbocycles. The smallest absolute Gasteiger partial charge is 0.342 e. The lowest BCUT2D eigenvalue weighted by Crippen LogP contribution is -2.48. The third-order valence-electron chi connectivity index (χ3n) is 4.22. The Morgan fingerprint density at radius 1 is 1.17 bits per heavy atom. The molecule has 0 unspecified atom stereocenters. The Morgan fingerprint density at radius 2 is 1.87 bits per heavy atom. The molecule has 0 saturated carbocycles. The molecule has 3 atom stereocenters. The Kier molecular flexibility index (Phi) is 3.93. The van der Waals surface area contributed by atoms with Gasteiger partial charge in [-0.25, -0.2) is 4.79 Å². The SMILES string of the molecule is COC(=O)[C@]1(O)C=C(c2ccc3ccccc3c2)[C@@H](O)[C@H](O)C1. The molecule has 0 spiro atoms. The fourth-order valence-corrected chi connectivity index (χ4v) is 2.98. The number of fused-ring (bicyclic) bond motifs is 1. The lowest BCUT2D eigenvalue weighted by atomic mass is 9.80. The number of hydrogen-bond donors (Lipinski definition) is 3. The van der Waals surface area contributed by atoms with E-state index in [2.05, 4.69) is 4.74 Å². The van der Waals surface area contributed by atoms with E-state index < -0.39 is 23.8 Å². The summed E-state index contributed by atoms with van der Waals surface area (Å²) >= 11 is 0. The Labute approximate surface area is 133 Å². The van der Waals surface area contributed by atoms with E-state index in [0.29, 0.717) is 11.1 Å². The molecule has 23 heavy (non-hydrogen) atoms. The van der Waals surface area contributed by atoms with Gasteiger partial charge < -0.3 is 20.1 Å². The lowest BCUT2D eigenvalue weighted by Gasteiger charge is -2.34. The average Bonchev–Trinajstić information content (AvgIpc) is 2.57. The van der Waals surface area contributed by atoms with E-state index in [1.807, 2.05) is 36.4 Å². The van der Waals surface area contributed by atoms with Crippen molar-refractivity contribution in [1.82, 2.24) is 0 Å². The number of methoxy groups -OCH3 is 1. The quantitative estimate of drug-likeness (QED) is 0.726. The first-order valence-electron chi connectivity index (χ1n) is 7.33. The highest BCUT2D eigenvalue weighted by Crippen LogP contribution is 2.35. The molecule has 1 aliphatic carbocycles. The molecule has 2 aromatic rings. The van der Waals surface area contributed by atoms with Gasteiger partial charge in [0.05, 0.1) is 13.2 Å². The monoisotopic (exact) mass is 314 g/mol. The first-order chi connectivity index (χ1) is 10.9. The highest BCUT2D eigenvalue weighted by molar-refractivity contribution is 5.90. The number of aliphatic hydroxyl groups is 3. The molecule has 1 aliphatic rings. The van der Waals surface area contributed by atoms with Crippen molar-refractivity contribution in [2.24, 2.45) is 0 Å². The number of hydrogen-bond acceptors (Lipinski definition) is 5. The second kappa shape index (κ2) is 5.77. The summed E-state index contributed by atoms with van der Waals surface area (Å²) in [4.78, 5) is 11.8. The molecular weight excluding hydrogens is 296 g/mol. The van der Waals surface area contributed by atoms with Gasteiger partial charge in [0.2, 0.25) is 0 Å². The zero-order valence-corrected chi connectivity index (χ0v) is 12.6. The fraction of sp³-hybridized carbons (Fsp3) is 0.278. The normalized spacial score (nSPS) is 27.6. The van der Waals surface area contributed by atoms with Gasteiger partial charge in [-0.15, -0.1) is 0 Å². The van der Waals surface area contributed by atoms with Crippen LogP contribution in [-0.4, -0.2) is 46.2 Å². The maximum atomic E-state index is 11.8. The van der Waals surface area contributed by atoms with Crippen LogP contribution in [0.5, 0.6) is 0 Å². The second-order valence-electron chi connectivity index (χ2n) is 5.79. The van der Waals surface area contributed by atoms with Crippen molar-refractivity contribution < 1.29 is 24.9 Å². The third-order valence-corrected chi connectivity index (χ3v) is 4.22. The number of esters is 1. The van der Waals surface area contributed by atoms with E-state index >= 15 is 0 Å². The van der Waals surface area contributed by atoms with Crippen molar-refractivity contribution in [3.8, 4) is 0 Å². The average molecular weight is 314 g/mol. The maximum Gasteiger partial charge on any atom is 0.342 e. The summed E-state index contributed by atoms with van der Waals surface area (Å²) < 4.78 is 4.60. The Bertz CT molecular complexity index is 782. The van der Waals surface area contributed by atoms with Gasteiger partial charge in [-0.3, -0.25) is 0 Å². The maximum absolute atomic E-state index is 11.8. The van der Waals surface area contributed by atoms with E-state index in [1.165, 1.54) is 13.2 Å².